The fraction of sp³-hybridized carbons (Fsp3) is 0.125. The van der Waals surface area contributed by atoms with Gasteiger partial charge in [0.15, 0.2) is 0 Å². The highest BCUT2D eigenvalue weighted by atomic mass is 32.2. The van der Waals surface area contributed by atoms with Gasteiger partial charge >= 0.3 is 11.9 Å². The number of ether oxygens (including phenoxy) is 2. The first-order valence-electron chi connectivity index (χ1n) is 7.10. The van der Waals surface area contributed by atoms with Gasteiger partial charge in [0.2, 0.25) is 19.7 Å². The van der Waals surface area contributed by atoms with Crippen molar-refractivity contribution in [3.8, 4) is 0 Å². The van der Waals surface area contributed by atoms with Crippen LogP contribution in [0.2, 0.25) is 0 Å². The van der Waals surface area contributed by atoms with Crippen molar-refractivity contribution in [1.82, 2.24) is 0 Å². The third-order valence-electron chi connectivity index (χ3n) is 3.89. The molecule has 0 unspecified atom stereocenters. The maximum Gasteiger partial charge on any atom is 0.339 e. The van der Waals surface area contributed by atoms with Gasteiger partial charge in [-0.05, 0) is 30.3 Å². The molecule has 136 valence electrons. The van der Waals surface area contributed by atoms with Crippen molar-refractivity contribution in [3.63, 3.8) is 0 Å². The minimum absolute atomic E-state index is 0.113. The van der Waals surface area contributed by atoms with E-state index in [2.05, 4.69) is 9.47 Å². The van der Waals surface area contributed by atoms with Gasteiger partial charge < -0.3 is 9.47 Å². The van der Waals surface area contributed by atoms with Crippen LogP contribution in [0.4, 0.5) is 0 Å². The van der Waals surface area contributed by atoms with Crippen LogP contribution in [0.1, 0.15) is 20.7 Å². The summed E-state index contributed by atoms with van der Waals surface area (Å²) in [5, 5.41) is 0. The quantitative estimate of drug-likeness (QED) is 0.593. The summed E-state index contributed by atoms with van der Waals surface area (Å²) in [6.45, 7) is 0. The van der Waals surface area contributed by atoms with Gasteiger partial charge in [-0.15, -0.1) is 0 Å². The van der Waals surface area contributed by atoms with Crippen LogP contribution in [0.15, 0.2) is 56.0 Å². The molecule has 0 fully saturated rings. The average molecular weight is 396 g/mol. The van der Waals surface area contributed by atoms with E-state index in [0.29, 0.717) is 0 Å². The van der Waals surface area contributed by atoms with Gasteiger partial charge in [0.1, 0.15) is 4.90 Å². The molecule has 0 atom stereocenters. The lowest BCUT2D eigenvalue weighted by atomic mass is 10.2. The first kappa shape index (κ1) is 18.1. The normalized spacial score (nSPS) is 16.1. The third kappa shape index (κ3) is 2.41. The largest absolute Gasteiger partial charge is 0.465 e. The Morgan fingerprint density at radius 2 is 1.42 bits per heavy atom. The highest BCUT2D eigenvalue weighted by Gasteiger charge is 2.42. The van der Waals surface area contributed by atoms with E-state index in [-0.39, 0.29) is 11.1 Å². The fourth-order valence-corrected chi connectivity index (χ4v) is 7.03. The summed E-state index contributed by atoms with van der Waals surface area (Å²) < 4.78 is 61.0. The van der Waals surface area contributed by atoms with E-state index in [4.69, 9.17) is 0 Å². The summed E-state index contributed by atoms with van der Waals surface area (Å²) >= 11 is 0. The van der Waals surface area contributed by atoms with Crippen LogP contribution in [0.25, 0.3) is 0 Å². The lowest BCUT2D eigenvalue weighted by Gasteiger charge is -2.22. The van der Waals surface area contributed by atoms with Crippen molar-refractivity contribution in [2.45, 2.75) is 19.6 Å². The molecule has 3 rings (SSSR count). The van der Waals surface area contributed by atoms with Crippen molar-refractivity contribution >= 4 is 31.6 Å². The molecular weight excluding hydrogens is 384 g/mol. The number of rotatable bonds is 2. The van der Waals surface area contributed by atoms with Crippen LogP contribution in [-0.2, 0) is 29.1 Å². The zero-order valence-corrected chi connectivity index (χ0v) is 15.2. The minimum atomic E-state index is -4.34. The Balaban J connectivity index is 2.43. The smallest absolute Gasteiger partial charge is 0.339 e. The van der Waals surface area contributed by atoms with E-state index in [0.717, 1.165) is 38.5 Å². The summed E-state index contributed by atoms with van der Waals surface area (Å²) in [5.41, 5.74) is -0.492. The predicted octanol–water partition coefficient (Wildman–Crippen LogP) is 1.24. The minimum Gasteiger partial charge on any atom is -0.465 e. The fourth-order valence-electron chi connectivity index (χ4n) is 2.69. The molecule has 0 radical (unpaired) electrons. The number of sulfone groups is 2. The number of fused-ring (bicyclic) bond motifs is 2. The summed E-state index contributed by atoms with van der Waals surface area (Å²) in [5.74, 6) is -1.79. The number of carbonyl (C=O) groups is 2. The molecule has 0 spiro atoms. The number of benzene rings is 2. The zero-order chi connectivity index (χ0) is 19.3. The van der Waals surface area contributed by atoms with E-state index in [9.17, 15) is 26.4 Å². The van der Waals surface area contributed by atoms with Crippen LogP contribution >= 0.6 is 0 Å². The van der Waals surface area contributed by atoms with Gasteiger partial charge in [-0.2, -0.15) is 0 Å². The first-order valence-corrected chi connectivity index (χ1v) is 10.1. The monoisotopic (exact) mass is 396 g/mol. The standard InChI is InChI=1S/C16H12O8S2/c1-23-15(17)9-6-7-11-13(8-9)25(19,20)12-5-3-4-10(16(18)24-2)14(12)26(11,21)22/h3-8H,1-2H3. The van der Waals surface area contributed by atoms with Gasteiger partial charge in [-0.25, -0.2) is 26.4 Å². The molecule has 0 aromatic heterocycles. The van der Waals surface area contributed by atoms with Gasteiger partial charge in [-0.1, -0.05) is 6.07 Å². The molecule has 1 heterocycles. The van der Waals surface area contributed by atoms with Crippen LogP contribution in [0.3, 0.4) is 0 Å². The lowest BCUT2D eigenvalue weighted by molar-refractivity contribution is 0.0589. The summed E-state index contributed by atoms with van der Waals surface area (Å²) in [6, 6.07) is 6.60. The Labute approximate surface area is 149 Å². The Morgan fingerprint density at radius 1 is 0.769 bits per heavy atom. The highest BCUT2D eigenvalue weighted by molar-refractivity contribution is 7.97. The summed E-state index contributed by atoms with van der Waals surface area (Å²) in [6.07, 6.45) is 0. The van der Waals surface area contributed by atoms with Crippen LogP contribution < -0.4 is 0 Å². The van der Waals surface area contributed by atoms with Gasteiger partial charge in [0, 0.05) is 0 Å². The SMILES string of the molecule is COC(=O)c1ccc2c(c1)S(=O)(=O)c1cccc(C(=O)OC)c1S2(=O)=O. The molecule has 1 aliphatic heterocycles. The topological polar surface area (TPSA) is 121 Å². The van der Waals surface area contributed by atoms with E-state index < -0.39 is 51.2 Å². The molecule has 26 heavy (non-hydrogen) atoms. The van der Waals surface area contributed by atoms with Gasteiger partial charge in [0.05, 0.1) is 40.0 Å². The molecule has 1 aliphatic rings. The van der Waals surface area contributed by atoms with Crippen molar-refractivity contribution in [3.05, 3.63) is 47.5 Å². The van der Waals surface area contributed by atoms with Crippen molar-refractivity contribution in [1.29, 1.82) is 0 Å². The number of methoxy groups -OCH3 is 2. The van der Waals surface area contributed by atoms with Gasteiger partial charge in [-0.3, -0.25) is 0 Å². The maximum absolute atomic E-state index is 13.0. The van der Waals surface area contributed by atoms with E-state index in [1.807, 2.05) is 0 Å². The molecular formula is C16H12O8S2. The Hall–Kier alpha value is -2.72. The van der Waals surface area contributed by atoms with Crippen LogP contribution in [0.5, 0.6) is 0 Å². The average Bonchev–Trinajstić information content (AvgIpc) is 2.64. The van der Waals surface area contributed by atoms with E-state index >= 15 is 0 Å². The van der Waals surface area contributed by atoms with E-state index in [1.165, 1.54) is 12.1 Å². The molecule has 2 aromatic rings. The summed E-state index contributed by atoms with van der Waals surface area (Å²) in [7, 11) is -6.46. The molecule has 8 nitrogen and oxygen atoms in total. The Kier molecular flexibility index (Phi) is 4.12. The molecule has 0 bridgehead atoms. The maximum atomic E-state index is 13.0. The lowest BCUT2D eigenvalue weighted by Crippen LogP contribution is -2.23. The van der Waals surface area contributed by atoms with Crippen molar-refractivity contribution in [2.75, 3.05) is 14.2 Å². The zero-order valence-electron chi connectivity index (χ0n) is 13.5. The van der Waals surface area contributed by atoms with Crippen LogP contribution in [-0.4, -0.2) is 43.0 Å². The number of esters is 2. The highest BCUT2D eigenvalue weighted by Crippen LogP contribution is 2.42. The van der Waals surface area contributed by atoms with Gasteiger partial charge in [0.25, 0.3) is 0 Å². The number of hydrogen-bond acceptors (Lipinski definition) is 8. The second-order valence-electron chi connectivity index (χ2n) is 5.28. The van der Waals surface area contributed by atoms with Crippen LogP contribution in [0, 0.1) is 0 Å². The second-order valence-corrected chi connectivity index (χ2v) is 9.03. The first-order chi connectivity index (χ1) is 12.2. The summed E-state index contributed by atoms with van der Waals surface area (Å²) in [4.78, 5) is 21.4. The molecule has 0 saturated heterocycles. The molecule has 0 amide bonds. The Bertz CT molecular complexity index is 1150. The second kappa shape index (κ2) is 5.92. The third-order valence-corrected chi connectivity index (χ3v) is 7.89. The molecule has 0 saturated carbocycles. The number of hydrogen-bond donors (Lipinski definition) is 0. The Morgan fingerprint density at radius 3 is 2.04 bits per heavy atom. The van der Waals surface area contributed by atoms with Crippen molar-refractivity contribution in [2.24, 2.45) is 0 Å². The van der Waals surface area contributed by atoms with E-state index in [1.54, 1.807) is 0 Å². The van der Waals surface area contributed by atoms with Crippen molar-refractivity contribution < 1.29 is 35.9 Å². The predicted molar refractivity (Wildman–Crippen MR) is 86.5 cm³/mol. The molecule has 0 N–H and O–H groups in total. The molecule has 10 heteroatoms. The molecule has 2 aromatic carbocycles. The molecule has 0 aliphatic carbocycles. The number of carbonyl (C=O) groups excluding carboxylic acids is 2.